The topological polar surface area (TPSA) is 69.1 Å². The molecule has 0 bridgehead atoms. The van der Waals surface area contributed by atoms with Gasteiger partial charge < -0.3 is 20.5 Å². The Morgan fingerprint density at radius 1 is 1.19 bits per heavy atom. The molecule has 6 nitrogen and oxygen atoms in total. The van der Waals surface area contributed by atoms with E-state index in [9.17, 15) is 5.11 Å². The van der Waals surface area contributed by atoms with Gasteiger partial charge in [0.05, 0.1) is 12.6 Å². The second kappa shape index (κ2) is 14.1. The van der Waals surface area contributed by atoms with Crippen molar-refractivity contribution in [1.82, 2.24) is 15.5 Å². The third-order valence-electron chi connectivity index (χ3n) is 5.26. The Balaban J connectivity index is 0.00000363. The quantitative estimate of drug-likeness (QED) is 0.183. The minimum atomic E-state index is -0.475. The van der Waals surface area contributed by atoms with E-state index >= 15 is 0 Å². The van der Waals surface area contributed by atoms with Crippen LogP contribution in [0.5, 0.6) is 5.75 Å². The second-order valence-electron chi connectivity index (χ2n) is 7.69. The SMILES string of the molecule is C=CCOc1ccccc1CN=C(NCC)NCC(O)CN1CCc2ccccc2C1.I. The maximum absolute atomic E-state index is 10.6. The Morgan fingerprint density at radius 3 is 2.72 bits per heavy atom. The van der Waals surface area contributed by atoms with Gasteiger partial charge in [-0.3, -0.25) is 4.90 Å². The van der Waals surface area contributed by atoms with Crippen molar-refractivity contribution in [2.75, 3.05) is 32.8 Å². The molecular formula is C25H35IN4O2. The highest BCUT2D eigenvalue weighted by Crippen LogP contribution is 2.19. The smallest absolute Gasteiger partial charge is 0.191 e. The second-order valence-corrected chi connectivity index (χ2v) is 7.69. The Hall–Kier alpha value is -2.10. The molecule has 1 heterocycles. The molecule has 3 N–H and O–H groups in total. The van der Waals surface area contributed by atoms with E-state index in [1.54, 1.807) is 6.08 Å². The fraction of sp³-hybridized carbons (Fsp3) is 0.400. The van der Waals surface area contributed by atoms with Crippen LogP contribution in [0.1, 0.15) is 23.6 Å². The average molecular weight is 550 g/mol. The standard InChI is InChI=1S/C25H34N4O2.HI/c1-3-15-31-24-12-8-7-10-21(24)16-27-25(26-4-2)28-17-23(30)19-29-14-13-20-9-5-6-11-22(20)18-29;/h3,5-12,23,30H,1,4,13-19H2,2H3,(H2,26,27,28);1H. The zero-order valence-corrected chi connectivity index (χ0v) is 21.1. The summed E-state index contributed by atoms with van der Waals surface area (Å²) >= 11 is 0. The number of nitrogens with one attached hydrogen (secondary N) is 2. The van der Waals surface area contributed by atoms with Gasteiger partial charge in [-0.25, -0.2) is 4.99 Å². The summed E-state index contributed by atoms with van der Waals surface area (Å²) in [6.45, 7) is 10.4. The Kier molecular flexibility index (Phi) is 11.5. The molecular weight excluding hydrogens is 515 g/mol. The number of halogens is 1. The summed E-state index contributed by atoms with van der Waals surface area (Å²) in [6, 6.07) is 16.4. The summed E-state index contributed by atoms with van der Waals surface area (Å²) in [5, 5.41) is 17.1. The lowest BCUT2D eigenvalue weighted by molar-refractivity contribution is 0.108. The van der Waals surface area contributed by atoms with Crippen molar-refractivity contribution < 1.29 is 9.84 Å². The first-order valence-electron chi connectivity index (χ1n) is 11.0. The van der Waals surface area contributed by atoms with Crippen LogP contribution in [0.25, 0.3) is 0 Å². The molecule has 32 heavy (non-hydrogen) atoms. The minimum Gasteiger partial charge on any atom is -0.489 e. The van der Waals surface area contributed by atoms with Gasteiger partial charge in [0.15, 0.2) is 5.96 Å². The van der Waals surface area contributed by atoms with Gasteiger partial charge in [-0.05, 0) is 30.5 Å². The van der Waals surface area contributed by atoms with Crippen molar-refractivity contribution in [3.8, 4) is 5.75 Å². The number of benzene rings is 2. The van der Waals surface area contributed by atoms with Crippen LogP contribution < -0.4 is 15.4 Å². The third-order valence-corrected chi connectivity index (χ3v) is 5.26. The molecule has 2 aromatic rings. The van der Waals surface area contributed by atoms with E-state index in [-0.39, 0.29) is 24.0 Å². The lowest BCUT2D eigenvalue weighted by Gasteiger charge is -2.30. The average Bonchev–Trinajstić information content (AvgIpc) is 2.80. The van der Waals surface area contributed by atoms with Crippen molar-refractivity contribution >= 4 is 29.9 Å². The van der Waals surface area contributed by atoms with Crippen molar-refractivity contribution in [2.24, 2.45) is 4.99 Å². The molecule has 1 aliphatic rings. The zero-order chi connectivity index (χ0) is 21.9. The van der Waals surface area contributed by atoms with E-state index in [2.05, 4.69) is 51.4 Å². The largest absolute Gasteiger partial charge is 0.489 e. The molecule has 0 aliphatic carbocycles. The Bertz CT molecular complexity index is 875. The maximum Gasteiger partial charge on any atom is 0.191 e. The number of nitrogens with zero attached hydrogens (tertiary/aromatic N) is 2. The van der Waals surface area contributed by atoms with Crippen molar-refractivity contribution in [1.29, 1.82) is 0 Å². The molecule has 0 saturated carbocycles. The summed E-state index contributed by atoms with van der Waals surface area (Å²) in [5.41, 5.74) is 3.79. The molecule has 0 saturated heterocycles. The molecule has 0 amide bonds. The molecule has 174 valence electrons. The summed E-state index contributed by atoms with van der Waals surface area (Å²) in [6.07, 6.45) is 2.29. The third kappa shape index (κ3) is 8.11. The molecule has 0 fully saturated rings. The first-order valence-corrected chi connectivity index (χ1v) is 11.0. The first-order chi connectivity index (χ1) is 15.2. The number of β-amino-alcohol motifs (C(OH)–C–C–N with tert-alkyl or cyclic N) is 1. The van der Waals surface area contributed by atoms with Crippen LogP contribution in [-0.4, -0.2) is 54.9 Å². The van der Waals surface area contributed by atoms with Gasteiger partial charge in [-0.1, -0.05) is 55.1 Å². The van der Waals surface area contributed by atoms with Gasteiger partial charge in [0.25, 0.3) is 0 Å². The highest BCUT2D eigenvalue weighted by Gasteiger charge is 2.18. The number of rotatable bonds is 10. The van der Waals surface area contributed by atoms with Crippen LogP contribution in [0.3, 0.4) is 0 Å². The van der Waals surface area contributed by atoms with Crippen LogP contribution in [0.2, 0.25) is 0 Å². The monoisotopic (exact) mass is 550 g/mol. The van der Waals surface area contributed by atoms with E-state index in [1.807, 2.05) is 31.2 Å². The molecule has 2 aromatic carbocycles. The highest BCUT2D eigenvalue weighted by atomic mass is 127. The molecule has 1 unspecified atom stereocenters. The molecule has 1 atom stereocenters. The predicted octanol–water partition coefficient (Wildman–Crippen LogP) is 3.34. The van der Waals surface area contributed by atoms with Crippen molar-refractivity contribution in [3.63, 3.8) is 0 Å². The lowest BCUT2D eigenvalue weighted by atomic mass is 10.00. The number of hydrogen-bond acceptors (Lipinski definition) is 4. The van der Waals surface area contributed by atoms with Gasteiger partial charge in [-0.2, -0.15) is 0 Å². The van der Waals surface area contributed by atoms with Crippen LogP contribution >= 0.6 is 24.0 Å². The number of fused-ring (bicyclic) bond motifs is 1. The summed E-state index contributed by atoms with van der Waals surface area (Å²) in [7, 11) is 0. The Morgan fingerprint density at radius 2 is 1.94 bits per heavy atom. The normalized spacial score (nSPS) is 14.6. The van der Waals surface area contributed by atoms with Crippen molar-refractivity contribution in [3.05, 3.63) is 77.9 Å². The first kappa shape index (κ1) is 26.2. The lowest BCUT2D eigenvalue weighted by Crippen LogP contribution is -2.45. The maximum atomic E-state index is 10.6. The van der Waals surface area contributed by atoms with E-state index in [0.717, 1.165) is 37.4 Å². The Labute approximate surface area is 208 Å². The van der Waals surface area contributed by atoms with Crippen LogP contribution in [-0.2, 0) is 19.5 Å². The molecule has 1 aliphatic heterocycles. The summed E-state index contributed by atoms with van der Waals surface area (Å²) < 4.78 is 5.71. The van der Waals surface area contributed by atoms with Gasteiger partial charge >= 0.3 is 0 Å². The fourth-order valence-corrected chi connectivity index (χ4v) is 3.72. The van der Waals surface area contributed by atoms with Gasteiger partial charge in [-0.15, -0.1) is 24.0 Å². The number of aliphatic hydroxyl groups excluding tert-OH is 1. The fourth-order valence-electron chi connectivity index (χ4n) is 3.72. The number of para-hydroxylation sites is 1. The molecule has 0 spiro atoms. The highest BCUT2D eigenvalue weighted by molar-refractivity contribution is 14.0. The summed E-state index contributed by atoms with van der Waals surface area (Å²) in [4.78, 5) is 6.98. The van der Waals surface area contributed by atoms with Crippen molar-refractivity contribution in [2.45, 2.75) is 32.5 Å². The predicted molar refractivity (Wildman–Crippen MR) is 142 cm³/mol. The molecule has 0 radical (unpaired) electrons. The van der Waals surface area contributed by atoms with E-state index in [1.165, 1.54) is 11.1 Å². The van der Waals surface area contributed by atoms with E-state index < -0.39 is 6.10 Å². The van der Waals surface area contributed by atoms with Crippen LogP contribution in [0.15, 0.2) is 66.2 Å². The van der Waals surface area contributed by atoms with Gasteiger partial charge in [0.1, 0.15) is 12.4 Å². The zero-order valence-electron chi connectivity index (χ0n) is 18.8. The van der Waals surface area contributed by atoms with E-state index in [4.69, 9.17) is 4.74 Å². The number of ether oxygens (including phenoxy) is 1. The summed E-state index contributed by atoms with van der Waals surface area (Å²) in [5.74, 6) is 1.50. The van der Waals surface area contributed by atoms with Gasteiger partial charge in [0, 0.05) is 38.3 Å². The minimum absolute atomic E-state index is 0. The number of aliphatic hydroxyl groups is 1. The van der Waals surface area contributed by atoms with E-state index in [0.29, 0.717) is 32.2 Å². The van der Waals surface area contributed by atoms with Crippen LogP contribution in [0.4, 0.5) is 0 Å². The number of aliphatic imine (C=N–C) groups is 1. The molecule has 0 aromatic heterocycles. The van der Waals surface area contributed by atoms with Crippen LogP contribution in [0, 0.1) is 0 Å². The number of hydrogen-bond donors (Lipinski definition) is 3. The van der Waals surface area contributed by atoms with Gasteiger partial charge in [0.2, 0.25) is 0 Å². The molecule has 7 heteroatoms. The number of guanidine groups is 1. The molecule has 3 rings (SSSR count).